The summed E-state index contributed by atoms with van der Waals surface area (Å²) < 4.78 is 5.39. The third-order valence-electron chi connectivity index (χ3n) is 2.22. The topological polar surface area (TPSA) is 38.2 Å². The van der Waals surface area contributed by atoms with Crippen LogP contribution in [-0.4, -0.2) is 29.7 Å². The van der Waals surface area contributed by atoms with E-state index in [4.69, 9.17) is 16.3 Å². The van der Waals surface area contributed by atoms with Crippen LogP contribution in [0, 0.1) is 0 Å². The second-order valence-corrected chi connectivity index (χ2v) is 3.50. The Morgan fingerprint density at radius 2 is 1.94 bits per heavy atom. The summed E-state index contributed by atoms with van der Waals surface area (Å²) in [5.74, 6) is 1.65. The van der Waals surface area contributed by atoms with Crippen LogP contribution in [0.3, 0.4) is 0 Å². The zero-order valence-corrected chi connectivity index (χ0v) is 10.8. The van der Waals surface area contributed by atoms with Crippen molar-refractivity contribution in [2.75, 3.05) is 24.6 Å². The number of aromatic nitrogens is 2. The molecule has 4 nitrogen and oxygen atoms in total. The van der Waals surface area contributed by atoms with Crippen LogP contribution in [0.4, 0.5) is 5.95 Å². The third-order valence-corrected chi connectivity index (χ3v) is 2.49. The van der Waals surface area contributed by atoms with Crippen LogP contribution in [-0.2, 0) is 5.88 Å². The molecule has 0 aromatic carbocycles. The van der Waals surface area contributed by atoms with Crippen molar-refractivity contribution < 1.29 is 4.74 Å². The molecule has 0 spiro atoms. The molecule has 1 heterocycles. The second kappa shape index (κ2) is 6.53. The summed E-state index contributed by atoms with van der Waals surface area (Å²) in [5, 5.41) is 0. The number of alkyl halides is 1. The standard InChI is InChI=1S/C11H18ClN3O/c1-4-15(5-2)11-13-9(8-12)7-10(14-11)16-6-3/h7H,4-6,8H2,1-3H3. The number of halogens is 1. The molecule has 0 saturated heterocycles. The van der Waals surface area contributed by atoms with E-state index in [2.05, 4.69) is 28.7 Å². The average molecular weight is 244 g/mol. The fourth-order valence-electron chi connectivity index (χ4n) is 1.40. The quantitative estimate of drug-likeness (QED) is 0.720. The first-order valence-electron chi connectivity index (χ1n) is 5.56. The van der Waals surface area contributed by atoms with Crippen LogP contribution in [0.2, 0.25) is 0 Å². The Morgan fingerprint density at radius 1 is 1.25 bits per heavy atom. The van der Waals surface area contributed by atoms with Crippen molar-refractivity contribution in [3.63, 3.8) is 0 Å². The van der Waals surface area contributed by atoms with Crippen LogP contribution >= 0.6 is 11.6 Å². The molecule has 1 aromatic heterocycles. The summed E-state index contributed by atoms with van der Waals surface area (Å²) in [6, 6.07) is 1.78. The van der Waals surface area contributed by atoms with Gasteiger partial charge in [-0.15, -0.1) is 11.6 Å². The van der Waals surface area contributed by atoms with Crippen molar-refractivity contribution in [1.29, 1.82) is 0 Å². The maximum absolute atomic E-state index is 5.80. The van der Waals surface area contributed by atoms with E-state index in [9.17, 15) is 0 Å². The number of hydrogen-bond acceptors (Lipinski definition) is 4. The maximum Gasteiger partial charge on any atom is 0.228 e. The maximum atomic E-state index is 5.80. The van der Waals surface area contributed by atoms with Crippen molar-refractivity contribution >= 4 is 17.5 Å². The Hall–Kier alpha value is -1.03. The molecule has 0 saturated carbocycles. The van der Waals surface area contributed by atoms with E-state index < -0.39 is 0 Å². The molecular formula is C11H18ClN3O. The predicted octanol–water partition coefficient (Wildman–Crippen LogP) is 2.46. The Balaban J connectivity index is 3.02. The zero-order chi connectivity index (χ0) is 12.0. The molecule has 0 amide bonds. The van der Waals surface area contributed by atoms with Gasteiger partial charge in [-0.1, -0.05) is 0 Å². The molecule has 0 radical (unpaired) electrons. The van der Waals surface area contributed by atoms with Crippen molar-refractivity contribution in [3.8, 4) is 5.88 Å². The van der Waals surface area contributed by atoms with E-state index in [0.29, 0.717) is 24.3 Å². The lowest BCUT2D eigenvalue weighted by Gasteiger charge is -2.19. The predicted molar refractivity (Wildman–Crippen MR) is 66.3 cm³/mol. The van der Waals surface area contributed by atoms with Gasteiger partial charge in [0.05, 0.1) is 18.2 Å². The van der Waals surface area contributed by atoms with E-state index in [1.54, 1.807) is 6.07 Å². The average Bonchev–Trinajstić information content (AvgIpc) is 2.31. The smallest absolute Gasteiger partial charge is 0.228 e. The minimum atomic E-state index is 0.372. The van der Waals surface area contributed by atoms with Gasteiger partial charge >= 0.3 is 0 Å². The number of hydrogen-bond donors (Lipinski definition) is 0. The summed E-state index contributed by atoms with van der Waals surface area (Å²) >= 11 is 5.80. The first kappa shape index (κ1) is 13.0. The van der Waals surface area contributed by atoms with Gasteiger partial charge in [0.15, 0.2) is 0 Å². The number of rotatable bonds is 6. The molecule has 0 aliphatic carbocycles. The Labute approximate surface area is 102 Å². The summed E-state index contributed by atoms with van der Waals surface area (Å²) in [7, 11) is 0. The number of anilines is 1. The van der Waals surface area contributed by atoms with Gasteiger partial charge in [0.1, 0.15) is 0 Å². The van der Waals surface area contributed by atoms with Gasteiger partial charge in [0.2, 0.25) is 11.8 Å². The highest BCUT2D eigenvalue weighted by molar-refractivity contribution is 6.16. The van der Waals surface area contributed by atoms with Crippen LogP contribution in [0.25, 0.3) is 0 Å². The fourth-order valence-corrected chi connectivity index (χ4v) is 1.53. The van der Waals surface area contributed by atoms with Crippen molar-refractivity contribution in [1.82, 2.24) is 9.97 Å². The Bertz CT molecular complexity index is 329. The molecule has 0 aliphatic rings. The van der Waals surface area contributed by atoms with Gasteiger partial charge in [-0.25, -0.2) is 4.98 Å². The lowest BCUT2D eigenvalue weighted by molar-refractivity contribution is 0.326. The Morgan fingerprint density at radius 3 is 2.44 bits per heavy atom. The summed E-state index contributed by atoms with van der Waals surface area (Å²) in [6.07, 6.45) is 0. The molecule has 16 heavy (non-hydrogen) atoms. The second-order valence-electron chi connectivity index (χ2n) is 3.24. The van der Waals surface area contributed by atoms with Crippen molar-refractivity contribution in [2.24, 2.45) is 0 Å². The van der Waals surface area contributed by atoms with Crippen LogP contribution in [0.5, 0.6) is 5.88 Å². The van der Waals surface area contributed by atoms with Gasteiger partial charge < -0.3 is 9.64 Å². The lowest BCUT2D eigenvalue weighted by atomic mass is 10.4. The van der Waals surface area contributed by atoms with Gasteiger partial charge in [-0.3, -0.25) is 0 Å². The highest BCUT2D eigenvalue weighted by Gasteiger charge is 2.09. The van der Waals surface area contributed by atoms with Crippen molar-refractivity contribution in [3.05, 3.63) is 11.8 Å². The van der Waals surface area contributed by atoms with Gasteiger partial charge in [0, 0.05) is 19.2 Å². The van der Waals surface area contributed by atoms with Crippen LogP contribution < -0.4 is 9.64 Å². The fraction of sp³-hybridized carbons (Fsp3) is 0.636. The SMILES string of the molecule is CCOc1cc(CCl)nc(N(CC)CC)n1. The van der Waals surface area contributed by atoms with E-state index in [-0.39, 0.29) is 0 Å². The normalized spacial score (nSPS) is 10.2. The minimum absolute atomic E-state index is 0.372. The molecule has 1 aromatic rings. The van der Waals surface area contributed by atoms with Crippen molar-refractivity contribution in [2.45, 2.75) is 26.7 Å². The third kappa shape index (κ3) is 3.23. The number of nitrogens with zero attached hydrogens (tertiary/aromatic N) is 3. The lowest BCUT2D eigenvalue weighted by Crippen LogP contribution is -2.24. The Kier molecular flexibility index (Phi) is 5.32. The molecule has 0 fully saturated rings. The van der Waals surface area contributed by atoms with E-state index in [1.165, 1.54) is 0 Å². The largest absolute Gasteiger partial charge is 0.478 e. The summed E-state index contributed by atoms with van der Waals surface area (Å²) in [5.41, 5.74) is 0.794. The minimum Gasteiger partial charge on any atom is -0.478 e. The van der Waals surface area contributed by atoms with E-state index in [0.717, 1.165) is 18.8 Å². The monoisotopic (exact) mass is 243 g/mol. The highest BCUT2D eigenvalue weighted by Crippen LogP contribution is 2.16. The molecule has 0 bridgehead atoms. The molecule has 0 aliphatic heterocycles. The van der Waals surface area contributed by atoms with Crippen LogP contribution in [0.1, 0.15) is 26.5 Å². The zero-order valence-electron chi connectivity index (χ0n) is 10.0. The van der Waals surface area contributed by atoms with Crippen LogP contribution in [0.15, 0.2) is 6.07 Å². The molecule has 1 rings (SSSR count). The molecule has 0 atom stereocenters. The summed E-state index contributed by atoms with van der Waals surface area (Å²) in [4.78, 5) is 10.8. The first-order chi connectivity index (χ1) is 7.74. The van der Waals surface area contributed by atoms with E-state index in [1.807, 2.05) is 6.92 Å². The molecular weight excluding hydrogens is 226 g/mol. The molecule has 0 unspecified atom stereocenters. The van der Waals surface area contributed by atoms with Gasteiger partial charge in [-0.2, -0.15) is 4.98 Å². The highest BCUT2D eigenvalue weighted by atomic mass is 35.5. The van der Waals surface area contributed by atoms with Gasteiger partial charge in [-0.05, 0) is 20.8 Å². The summed E-state index contributed by atoms with van der Waals surface area (Å²) in [6.45, 7) is 8.40. The number of ether oxygens (including phenoxy) is 1. The molecule has 5 heteroatoms. The molecule has 90 valence electrons. The first-order valence-corrected chi connectivity index (χ1v) is 6.10. The van der Waals surface area contributed by atoms with E-state index >= 15 is 0 Å². The molecule has 0 N–H and O–H groups in total. The van der Waals surface area contributed by atoms with Gasteiger partial charge in [0.25, 0.3) is 0 Å².